The van der Waals surface area contributed by atoms with Crippen molar-refractivity contribution in [2.75, 3.05) is 7.11 Å². The molecule has 2 rings (SSSR count). The average Bonchev–Trinajstić information content (AvgIpc) is 2.99. The van der Waals surface area contributed by atoms with Crippen molar-refractivity contribution in [1.29, 1.82) is 5.26 Å². The van der Waals surface area contributed by atoms with Gasteiger partial charge >= 0.3 is 0 Å². The highest BCUT2D eigenvalue weighted by Crippen LogP contribution is 2.53. The van der Waals surface area contributed by atoms with Crippen molar-refractivity contribution in [2.45, 2.75) is 22.5 Å². The highest BCUT2D eigenvalue weighted by molar-refractivity contribution is 8.01. The molecule has 0 atom stereocenters. The van der Waals surface area contributed by atoms with Crippen LogP contribution in [0.5, 0.6) is 5.75 Å². The number of thioether (sulfide) groups is 1. The van der Waals surface area contributed by atoms with Crippen LogP contribution in [0.2, 0.25) is 5.02 Å². The van der Waals surface area contributed by atoms with E-state index in [2.05, 4.69) is 6.07 Å². The second-order valence-corrected chi connectivity index (χ2v) is 5.37. The fourth-order valence-electron chi connectivity index (χ4n) is 1.29. The van der Waals surface area contributed by atoms with Crippen LogP contribution in [0.4, 0.5) is 0 Å². The smallest absolute Gasteiger partial charge is 0.132 e. The van der Waals surface area contributed by atoms with E-state index < -0.39 is 0 Å². The van der Waals surface area contributed by atoms with Crippen molar-refractivity contribution in [3.63, 3.8) is 0 Å². The molecule has 0 unspecified atom stereocenters. The molecule has 78 valence electrons. The second-order valence-electron chi connectivity index (χ2n) is 3.50. The maximum Gasteiger partial charge on any atom is 0.132 e. The molecule has 0 saturated heterocycles. The molecule has 0 aliphatic heterocycles. The van der Waals surface area contributed by atoms with E-state index in [0.717, 1.165) is 23.5 Å². The van der Waals surface area contributed by atoms with Crippen molar-refractivity contribution < 1.29 is 4.74 Å². The van der Waals surface area contributed by atoms with Crippen LogP contribution >= 0.6 is 23.4 Å². The minimum absolute atomic E-state index is 0.238. The zero-order chi connectivity index (χ0) is 10.9. The molecule has 0 spiro atoms. The van der Waals surface area contributed by atoms with Crippen molar-refractivity contribution in [3.05, 3.63) is 23.2 Å². The Labute approximate surface area is 98.2 Å². The lowest BCUT2D eigenvalue weighted by Gasteiger charge is -2.10. The Hall–Kier alpha value is -0.850. The molecular formula is C11H10ClNOS. The van der Waals surface area contributed by atoms with E-state index in [-0.39, 0.29) is 4.75 Å². The van der Waals surface area contributed by atoms with Gasteiger partial charge in [-0.15, -0.1) is 0 Å². The Morgan fingerprint density at radius 1 is 1.53 bits per heavy atom. The number of ether oxygens (including phenoxy) is 1. The first kappa shape index (κ1) is 10.7. The van der Waals surface area contributed by atoms with Gasteiger partial charge < -0.3 is 4.74 Å². The largest absolute Gasteiger partial charge is 0.496 e. The highest BCUT2D eigenvalue weighted by Gasteiger charge is 2.44. The van der Waals surface area contributed by atoms with Crippen molar-refractivity contribution in [2.24, 2.45) is 0 Å². The lowest BCUT2D eigenvalue weighted by atomic mass is 10.3. The third-order valence-electron chi connectivity index (χ3n) is 2.34. The normalized spacial score (nSPS) is 16.9. The van der Waals surface area contributed by atoms with Crippen molar-refractivity contribution >= 4 is 23.4 Å². The van der Waals surface area contributed by atoms with Gasteiger partial charge in [-0.1, -0.05) is 23.4 Å². The van der Waals surface area contributed by atoms with Crippen LogP contribution in [0, 0.1) is 11.3 Å². The number of halogens is 1. The van der Waals surface area contributed by atoms with Crippen LogP contribution in [-0.2, 0) is 0 Å². The first-order chi connectivity index (χ1) is 7.19. The van der Waals surface area contributed by atoms with E-state index in [1.54, 1.807) is 24.9 Å². The van der Waals surface area contributed by atoms with E-state index in [9.17, 15) is 0 Å². The molecule has 0 amide bonds. The molecule has 4 heteroatoms. The summed E-state index contributed by atoms with van der Waals surface area (Å²) < 4.78 is 4.99. The van der Waals surface area contributed by atoms with Crippen LogP contribution < -0.4 is 4.74 Å². The number of hydrogen-bond donors (Lipinski definition) is 0. The fourth-order valence-corrected chi connectivity index (χ4v) is 2.74. The Morgan fingerprint density at radius 2 is 2.27 bits per heavy atom. The average molecular weight is 240 g/mol. The summed E-state index contributed by atoms with van der Waals surface area (Å²) in [5, 5.41) is 9.68. The molecule has 1 aliphatic rings. The molecule has 15 heavy (non-hydrogen) atoms. The van der Waals surface area contributed by atoms with Crippen LogP contribution in [0.15, 0.2) is 23.1 Å². The molecule has 1 aliphatic carbocycles. The predicted molar refractivity (Wildman–Crippen MR) is 61.4 cm³/mol. The molecule has 1 fully saturated rings. The highest BCUT2D eigenvalue weighted by atomic mass is 35.5. The van der Waals surface area contributed by atoms with Crippen LogP contribution in [0.25, 0.3) is 0 Å². The van der Waals surface area contributed by atoms with Gasteiger partial charge in [-0.2, -0.15) is 5.26 Å². The summed E-state index contributed by atoms with van der Waals surface area (Å²) in [6, 6.07) is 7.81. The number of nitriles is 1. The molecular weight excluding hydrogens is 230 g/mol. The monoisotopic (exact) mass is 239 g/mol. The first-order valence-electron chi connectivity index (χ1n) is 4.63. The van der Waals surface area contributed by atoms with Gasteiger partial charge in [0.1, 0.15) is 10.5 Å². The summed E-state index contributed by atoms with van der Waals surface area (Å²) >= 11 is 7.47. The molecule has 0 heterocycles. The van der Waals surface area contributed by atoms with Gasteiger partial charge in [0.2, 0.25) is 0 Å². The second kappa shape index (κ2) is 3.96. The summed E-state index contributed by atoms with van der Waals surface area (Å²) in [6.07, 6.45) is 1.90. The quantitative estimate of drug-likeness (QED) is 0.810. The Bertz CT molecular complexity index is 423. The lowest BCUT2D eigenvalue weighted by molar-refractivity contribution is 0.405. The van der Waals surface area contributed by atoms with Crippen LogP contribution in [-0.4, -0.2) is 11.9 Å². The Kier molecular flexibility index (Phi) is 2.81. The summed E-state index contributed by atoms with van der Waals surface area (Å²) in [6.45, 7) is 0. The number of benzene rings is 1. The summed E-state index contributed by atoms with van der Waals surface area (Å²) in [5.41, 5.74) is 0. The minimum Gasteiger partial charge on any atom is -0.496 e. The number of nitrogens with zero attached hydrogens (tertiary/aromatic N) is 1. The maximum atomic E-state index is 9.01. The predicted octanol–water partition coefficient (Wildman–Crippen LogP) is 3.50. The molecule has 0 N–H and O–H groups in total. The van der Waals surface area contributed by atoms with Gasteiger partial charge in [-0.25, -0.2) is 0 Å². The molecule has 0 radical (unpaired) electrons. The molecule has 1 aromatic carbocycles. The van der Waals surface area contributed by atoms with Gasteiger partial charge in [0.15, 0.2) is 0 Å². The molecule has 0 aromatic heterocycles. The van der Waals surface area contributed by atoms with E-state index in [4.69, 9.17) is 21.6 Å². The summed E-state index contributed by atoms with van der Waals surface area (Å²) in [4.78, 5) is 0.948. The van der Waals surface area contributed by atoms with Gasteiger partial charge in [-0.3, -0.25) is 0 Å². The molecule has 2 nitrogen and oxygen atoms in total. The van der Waals surface area contributed by atoms with E-state index >= 15 is 0 Å². The molecule has 0 bridgehead atoms. The van der Waals surface area contributed by atoms with Gasteiger partial charge in [0, 0.05) is 5.02 Å². The lowest BCUT2D eigenvalue weighted by Crippen LogP contribution is -1.97. The SMILES string of the molecule is COc1ccc(Cl)cc1SC1(C#N)CC1. The van der Waals surface area contributed by atoms with E-state index in [1.807, 2.05) is 12.1 Å². The first-order valence-corrected chi connectivity index (χ1v) is 5.82. The zero-order valence-corrected chi connectivity index (χ0v) is 9.86. The number of rotatable bonds is 3. The van der Waals surface area contributed by atoms with Gasteiger partial charge in [-0.05, 0) is 31.0 Å². The summed E-state index contributed by atoms with van der Waals surface area (Å²) in [7, 11) is 1.62. The Morgan fingerprint density at radius 3 is 2.80 bits per heavy atom. The molecule has 1 aromatic rings. The Balaban J connectivity index is 2.27. The number of methoxy groups -OCH3 is 1. The molecule has 1 saturated carbocycles. The third-order valence-corrected chi connectivity index (χ3v) is 4.00. The number of hydrogen-bond acceptors (Lipinski definition) is 3. The van der Waals surface area contributed by atoms with Crippen molar-refractivity contribution in [3.8, 4) is 11.8 Å². The van der Waals surface area contributed by atoms with Crippen LogP contribution in [0.1, 0.15) is 12.8 Å². The topological polar surface area (TPSA) is 33.0 Å². The third kappa shape index (κ3) is 2.22. The minimum atomic E-state index is -0.238. The summed E-state index contributed by atoms with van der Waals surface area (Å²) in [5.74, 6) is 0.783. The van der Waals surface area contributed by atoms with E-state index in [0.29, 0.717) is 5.02 Å². The van der Waals surface area contributed by atoms with E-state index in [1.165, 1.54) is 0 Å². The fraction of sp³-hybridized carbons (Fsp3) is 0.364. The van der Waals surface area contributed by atoms with Crippen LogP contribution in [0.3, 0.4) is 0 Å². The van der Waals surface area contributed by atoms with Gasteiger partial charge in [0.25, 0.3) is 0 Å². The van der Waals surface area contributed by atoms with Crippen molar-refractivity contribution in [1.82, 2.24) is 0 Å². The zero-order valence-electron chi connectivity index (χ0n) is 8.29. The standard InChI is InChI=1S/C11H10ClNOS/c1-14-9-3-2-8(12)6-10(9)15-11(7-13)4-5-11/h2-3,6H,4-5H2,1H3. The maximum absolute atomic E-state index is 9.01. The van der Waals surface area contributed by atoms with Gasteiger partial charge in [0.05, 0.1) is 18.1 Å².